The molecule has 1 heteroatoms. The first-order valence-corrected chi connectivity index (χ1v) is 6.14. The van der Waals surface area contributed by atoms with Crippen LogP contribution in [0.4, 0.5) is 0 Å². The summed E-state index contributed by atoms with van der Waals surface area (Å²) in [4.78, 5) is 0. The Morgan fingerprint density at radius 1 is 0.526 bits per heavy atom. The normalized spacial score (nSPS) is 9.68. The molecule has 0 fully saturated rings. The van der Waals surface area contributed by atoms with Gasteiger partial charge >= 0.3 is 0 Å². The summed E-state index contributed by atoms with van der Waals surface area (Å²) in [5.41, 5.74) is 5.32. The van der Waals surface area contributed by atoms with E-state index < -0.39 is 0 Å². The predicted octanol–water partition coefficient (Wildman–Crippen LogP) is 5.02. The Hall–Kier alpha value is -1.83. The third kappa shape index (κ3) is 3.14. The smallest absolute Gasteiger partial charge is 0 e. The van der Waals surface area contributed by atoms with Crippen molar-refractivity contribution in [2.24, 2.45) is 0 Å². The number of fused-ring (bicyclic) bond motifs is 2. The van der Waals surface area contributed by atoms with E-state index in [1.807, 2.05) is 0 Å². The molecule has 0 atom stereocenters. The Bertz CT molecular complexity index is 545. The van der Waals surface area contributed by atoms with Gasteiger partial charge in [-0.15, -0.1) is 34.4 Å². The Labute approximate surface area is 124 Å². The Morgan fingerprint density at radius 2 is 0.947 bits per heavy atom. The largest absolute Gasteiger partial charge is 0.172 e. The summed E-state index contributed by atoms with van der Waals surface area (Å²) in [5, 5.41) is 0. The molecule has 4 rings (SSSR count). The Morgan fingerprint density at radius 3 is 1.37 bits per heavy atom. The van der Waals surface area contributed by atoms with Crippen molar-refractivity contribution in [3.8, 4) is 22.3 Å². The zero-order valence-corrected chi connectivity index (χ0v) is 11.5. The van der Waals surface area contributed by atoms with Crippen molar-refractivity contribution in [1.82, 2.24) is 0 Å². The molecule has 4 aliphatic rings. The molecule has 97 valence electrons. The van der Waals surface area contributed by atoms with Crippen LogP contribution in [0.1, 0.15) is 0 Å². The van der Waals surface area contributed by atoms with Gasteiger partial charge in [0.05, 0.1) is 0 Å². The van der Waals surface area contributed by atoms with Crippen molar-refractivity contribution in [3.05, 3.63) is 84.9 Å². The van der Waals surface area contributed by atoms with Crippen molar-refractivity contribution in [2.45, 2.75) is 0 Å². The molecule has 0 aromatic heterocycles. The fraction of sp³-hybridized carbons (Fsp3) is 0. The zero-order chi connectivity index (χ0) is 12.2. The Balaban J connectivity index is 0.000000133. The van der Waals surface area contributed by atoms with Crippen molar-refractivity contribution in [2.75, 3.05) is 0 Å². The molecule has 0 aliphatic heterocycles. The molecule has 0 aromatic carbocycles. The number of hydrogen-bond acceptors (Lipinski definition) is 0. The third-order valence-corrected chi connectivity index (χ3v) is 3.10. The first-order valence-electron chi connectivity index (χ1n) is 6.14. The molecule has 19 heavy (non-hydrogen) atoms. The van der Waals surface area contributed by atoms with E-state index >= 15 is 0 Å². The summed E-state index contributed by atoms with van der Waals surface area (Å²) in [6.45, 7) is 0. The minimum absolute atomic E-state index is 0. The number of hydrogen-bond donors (Lipinski definition) is 0. The van der Waals surface area contributed by atoms with E-state index in [1.54, 1.807) is 0 Å². The SMILES string of the molecule is [Co].c1cc2cc[cH-]cc-2c1.c1cc2cc[cH-]cc-2c1. The molecule has 0 aromatic rings. The third-order valence-electron chi connectivity index (χ3n) is 3.10. The molecular formula is C18H14Co-2. The number of rotatable bonds is 0. The van der Waals surface area contributed by atoms with E-state index in [0.29, 0.717) is 0 Å². The van der Waals surface area contributed by atoms with Gasteiger partial charge < -0.3 is 0 Å². The van der Waals surface area contributed by atoms with Gasteiger partial charge in [-0.1, -0.05) is 24.3 Å². The van der Waals surface area contributed by atoms with Crippen molar-refractivity contribution in [3.63, 3.8) is 0 Å². The van der Waals surface area contributed by atoms with Gasteiger partial charge in [-0.05, 0) is 0 Å². The predicted molar refractivity (Wildman–Crippen MR) is 77.3 cm³/mol. The maximum absolute atomic E-state index is 2.12. The van der Waals surface area contributed by atoms with Crippen LogP contribution in [0.15, 0.2) is 84.9 Å². The van der Waals surface area contributed by atoms with Gasteiger partial charge in [0.25, 0.3) is 0 Å². The molecule has 0 saturated heterocycles. The van der Waals surface area contributed by atoms with Gasteiger partial charge in [0.1, 0.15) is 0 Å². The number of benzene rings is 2. The van der Waals surface area contributed by atoms with Gasteiger partial charge in [-0.25, -0.2) is 0 Å². The maximum atomic E-state index is 2.12. The second-order valence-electron chi connectivity index (χ2n) is 4.31. The summed E-state index contributed by atoms with van der Waals surface area (Å²) >= 11 is 0. The van der Waals surface area contributed by atoms with Crippen molar-refractivity contribution < 1.29 is 16.8 Å². The molecule has 4 aliphatic carbocycles. The van der Waals surface area contributed by atoms with Crippen LogP contribution in [0, 0.1) is 0 Å². The van der Waals surface area contributed by atoms with Crippen LogP contribution in [0.25, 0.3) is 22.3 Å². The van der Waals surface area contributed by atoms with Crippen LogP contribution in [0.3, 0.4) is 0 Å². The molecule has 0 spiro atoms. The average Bonchev–Trinajstić information content (AvgIpc) is 3.08. The second kappa shape index (κ2) is 6.37. The molecule has 1 radical (unpaired) electrons. The first-order chi connectivity index (χ1) is 8.93. The molecule has 0 nitrogen and oxygen atoms in total. The molecular weight excluding hydrogens is 275 g/mol. The Kier molecular flexibility index (Phi) is 4.56. The first kappa shape index (κ1) is 13.6. The second-order valence-corrected chi connectivity index (χ2v) is 4.31. The van der Waals surface area contributed by atoms with Gasteiger partial charge in [0.15, 0.2) is 0 Å². The van der Waals surface area contributed by atoms with E-state index in [1.165, 1.54) is 22.3 Å². The van der Waals surface area contributed by atoms with Crippen LogP contribution in [0.2, 0.25) is 0 Å². The fourth-order valence-corrected chi connectivity index (χ4v) is 2.14. The summed E-state index contributed by atoms with van der Waals surface area (Å²) in [7, 11) is 0. The zero-order valence-electron chi connectivity index (χ0n) is 10.4. The minimum atomic E-state index is 0. The van der Waals surface area contributed by atoms with Crippen LogP contribution >= 0.6 is 0 Å². The monoisotopic (exact) mass is 289 g/mol. The summed E-state index contributed by atoms with van der Waals surface area (Å²) < 4.78 is 0. The van der Waals surface area contributed by atoms with Crippen molar-refractivity contribution in [1.29, 1.82) is 0 Å². The van der Waals surface area contributed by atoms with E-state index in [0.717, 1.165) is 0 Å². The molecule has 0 amide bonds. The minimum Gasteiger partial charge on any atom is -0.172 e. The molecule has 0 bridgehead atoms. The van der Waals surface area contributed by atoms with Crippen LogP contribution in [-0.4, -0.2) is 0 Å². The van der Waals surface area contributed by atoms with Crippen molar-refractivity contribution >= 4 is 0 Å². The van der Waals surface area contributed by atoms with Gasteiger partial charge in [-0.3, -0.25) is 0 Å². The van der Waals surface area contributed by atoms with E-state index in [4.69, 9.17) is 0 Å². The molecule has 0 saturated carbocycles. The van der Waals surface area contributed by atoms with Crippen LogP contribution < -0.4 is 0 Å². The topological polar surface area (TPSA) is 0 Å². The fourth-order valence-electron chi connectivity index (χ4n) is 2.14. The maximum Gasteiger partial charge on any atom is 0 e. The molecule has 0 unspecified atom stereocenters. The summed E-state index contributed by atoms with van der Waals surface area (Å²) in [6, 6.07) is 29.3. The van der Waals surface area contributed by atoms with E-state index in [-0.39, 0.29) is 16.8 Å². The summed E-state index contributed by atoms with van der Waals surface area (Å²) in [6.07, 6.45) is 0. The van der Waals surface area contributed by atoms with Crippen LogP contribution in [0.5, 0.6) is 0 Å². The van der Waals surface area contributed by atoms with Crippen LogP contribution in [-0.2, 0) is 16.8 Å². The van der Waals surface area contributed by atoms with Gasteiger partial charge in [0, 0.05) is 16.8 Å². The van der Waals surface area contributed by atoms with Gasteiger partial charge in [0.2, 0.25) is 0 Å². The quantitative estimate of drug-likeness (QED) is 0.399. The van der Waals surface area contributed by atoms with Gasteiger partial charge in [-0.2, -0.15) is 48.5 Å². The molecule has 0 N–H and O–H groups in total. The average molecular weight is 289 g/mol. The van der Waals surface area contributed by atoms with E-state index in [2.05, 4.69) is 84.9 Å². The van der Waals surface area contributed by atoms with E-state index in [9.17, 15) is 0 Å². The standard InChI is InChI=1S/2C9H7.Co/c2*1-2-5-9-7-3-6-8(9)4-1;/h2*1-7H;/q2*-1;. The summed E-state index contributed by atoms with van der Waals surface area (Å²) in [5.74, 6) is 0. The molecule has 0 heterocycles.